The summed E-state index contributed by atoms with van der Waals surface area (Å²) < 4.78 is 5.72. The van der Waals surface area contributed by atoms with Crippen molar-refractivity contribution in [2.75, 3.05) is 33.3 Å². The fourth-order valence-electron chi connectivity index (χ4n) is 3.03. The van der Waals surface area contributed by atoms with Crippen LogP contribution in [0.2, 0.25) is 0 Å². The van der Waals surface area contributed by atoms with Crippen molar-refractivity contribution in [3.63, 3.8) is 0 Å². The molecule has 1 N–H and O–H groups in total. The fourth-order valence-corrected chi connectivity index (χ4v) is 3.03. The normalized spacial score (nSPS) is 27.0. The molecule has 19 heavy (non-hydrogen) atoms. The van der Waals surface area contributed by atoms with Crippen LogP contribution in [0.5, 0.6) is 11.5 Å². The summed E-state index contributed by atoms with van der Waals surface area (Å²) in [5.41, 5.74) is 1.40. The second-order valence-electron chi connectivity index (χ2n) is 6.25. The number of hydrogen-bond donors (Lipinski definition) is 1. The first-order valence-corrected chi connectivity index (χ1v) is 6.88. The number of fused-ring (bicyclic) bond motifs is 1. The SMILES string of the molecule is CN1CCN(C2COc3cc(O)ccc32)CC1(C)C. The quantitative estimate of drug-likeness (QED) is 0.838. The lowest BCUT2D eigenvalue weighted by molar-refractivity contribution is 0.0117. The molecular formula is C15H22N2O2. The van der Waals surface area contributed by atoms with E-state index in [0.717, 1.165) is 25.4 Å². The Kier molecular flexibility index (Phi) is 2.95. The molecule has 3 rings (SSSR count). The minimum atomic E-state index is 0.192. The van der Waals surface area contributed by atoms with Crippen molar-refractivity contribution in [2.45, 2.75) is 25.4 Å². The highest BCUT2D eigenvalue weighted by Crippen LogP contribution is 2.39. The topological polar surface area (TPSA) is 35.9 Å². The predicted octanol–water partition coefficient (Wildman–Crippen LogP) is 1.85. The molecule has 2 aliphatic heterocycles. The van der Waals surface area contributed by atoms with Gasteiger partial charge in [0.1, 0.15) is 18.1 Å². The Morgan fingerprint density at radius 1 is 1.32 bits per heavy atom. The van der Waals surface area contributed by atoms with E-state index in [1.54, 1.807) is 12.1 Å². The maximum atomic E-state index is 9.51. The largest absolute Gasteiger partial charge is 0.508 e. The number of phenols is 1. The molecule has 2 aliphatic rings. The zero-order chi connectivity index (χ0) is 13.6. The monoisotopic (exact) mass is 262 g/mol. The van der Waals surface area contributed by atoms with Crippen molar-refractivity contribution in [1.82, 2.24) is 9.80 Å². The summed E-state index contributed by atoms with van der Waals surface area (Å²) in [5.74, 6) is 1.11. The molecule has 4 nitrogen and oxygen atoms in total. The van der Waals surface area contributed by atoms with E-state index in [-0.39, 0.29) is 11.3 Å². The van der Waals surface area contributed by atoms with Crippen molar-refractivity contribution in [3.8, 4) is 11.5 Å². The lowest BCUT2D eigenvalue weighted by Gasteiger charge is -2.47. The van der Waals surface area contributed by atoms with Gasteiger partial charge >= 0.3 is 0 Å². The lowest BCUT2D eigenvalue weighted by atomic mass is 9.96. The third kappa shape index (κ3) is 2.19. The molecule has 1 aromatic carbocycles. The Morgan fingerprint density at radius 2 is 2.11 bits per heavy atom. The van der Waals surface area contributed by atoms with E-state index in [0.29, 0.717) is 12.6 Å². The molecule has 1 fully saturated rings. The minimum Gasteiger partial charge on any atom is -0.508 e. The maximum Gasteiger partial charge on any atom is 0.127 e. The van der Waals surface area contributed by atoms with Gasteiger partial charge in [0.05, 0.1) is 6.04 Å². The minimum absolute atomic E-state index is 0.192. The molecule has 0 spiro atoms. The Labute approximate surface area is 114 Å². The number of piperazine rings is 1. The average molecular weight is 262 g/mol. The molecule has 1 atom stereocenters. The summed E-state index contributed by atoms with van der Waals surface area (Å²) in [7, 11) is 2.19. The van der Waals surface area contributed by atoms with Crippen molar-refractivity contribution in [3.05, 3.63) is 23.8 Å². The molecule has 0 aromatic heterocycles. The first kappa shape index (κ1) is 12.8. The van der Waals surface area contributed by atoms with Gasteiger partial charge in [0.2, 0.25) is 0 Å². The molecule has 0 amide bonds. The standard InChI is InChI=1S/C15H22N2O2/c1-15(2)10-17(7-6-16(15)3)13-9-19-14-8-11(18)4-5-12(13)14/h4-5,8,13,18H,6-7,9-10H2,1-3H3. The summed E-state index contributed by atoms with van der Waals surface area (Å²) in [4.78, 5) is 4.92. The summed E-state index contributed by atoms with van der Waals surface area (Å²) in [6.45, 7) is 8.45. The third-order valence-corrected chi connectivity index (χ3v) is 4.54. The molecule has 1 unspecified atom stereocenters. The molecule has 0 aliphatic carbocycles. The van der Waals surface area contributed by atoms with E-state index in [1.807, 2.05) is 6.07 Å². The molecule has 0 radical (unpaired) electrons. The number of aromatic hydroxyl groups is 1. The zero-order valence-corrected chi connectivity index (χ0v) is 11.9. The van der Waals surface area contributed by atoms with Gasteiger partial charge < -0.3 is 9.84 Å². The number of nitrogens with zero attached hydrogens (tertiary/aromatic N) is 2. The molecule has 0 saturated carbocycles. The molecule has 2 heterocycles. The highest BCUT2D eigenvalue weighted by molar-refractivity contribution is 5.44. The van der Waals surface area contributed by atoms with Crippen LogP contribution in [0.1, 0.15) is 25.5 Å². The number of likely N-dealkylation sites (N-methyl/N-ethyl adjacent to an activating group) is 1. The van der Waals surface area contributed by atoms with E-state index < -0.39 is 0 Å². The number of ether oxygens (including phenoxy) is 1. The van der Waals surface area contributed by atoms with E-state index in [2.05, 4.69) is 30.7 Å². The Bertz CT molecular complexity index is 487. The molecular weight excluding hydrogens is 240 g/mol. The van der Waals surface area contributed by atoms with Crippen LogP contribution in [-0.2, 0) is 0 Å². The third-order valence-electron chi connectivity index (χ3n) is 4.54. The number of rotatable bonds is 1. The van der Waals surface area contributed by atoms with Gasteiger partial charge in [-0.2, -0.15) is 0 Å². The van der Waals surface area contributed by atoms with E-state index in [4.69, 9.17) is 4.74 Å². The summed E-state index contributed by atoms with van der Waals surface area (Å²) >= 11 is 0. The predicted molar refractivity (Wildman–Crippen MR) is 74.6 cm³/mol. The lowest BCUT2D eigenvalue weighted by Crippen LogP contribution is -2.58. The zero-order valence-electron chi connectivity index (χ0n) is 11.9. The fraction of sp³-hybridized carbons (Fsp3) is 0.600. The van der Waals surface area contributed by atoms with Crippen LogP contribution in [0.4, 0.5) is 0 Å². The average Bonchev–Trinajstić information content (AvgIpc) is 2.75. The van der Waals surface area contributed by atoms with Crippen LogP contribution in [0.3, 0.4) is 0 Å². The van der Waals surface area contributed by atoms with Gasteiger partial charge in [-0.3, -0.25) is 9.80 Å². The van der Waals surface area contributed by atoms with Gasteiger partial charge in [0.25, 0.3) is 0 Å². The molecule has 1 saturated heterocycles. The van der Waals surface area contributed by atoms with E-state index in [9.17, 15) is 5.11 Å². The summed E-state index contributed by atoms with van der Waals surface area (Å²) in [6.07, 6.45) is 0. The van der Waals surface area contributed by atoms with Crippen LogP contribution in [0.25, 0.3) is 0 Å². The molecule has 4 heteroatoms. The van der Waals surface area contributed by atoms with Gasteiger partial charge in [-0.25, -0.2) is 0 Å². The van der Waals surface area contributed by atoms with E-state index >= 15 is 0 Å². The maximum absolute atomic E-state index is 9.51. The van der Waals surface area contributed by atoms with Crippen molar-refractivity contribution in [2.24, 2.45) is 0 Å². The van der Waals surface area contributed by atoms with Crippen LogP contribution >= 0.6 is 0 Å². The van der Waals surface area contributed by atoms with Crippen molar-refractivity contribution >= 4 is 0 Å². The van der Waals surface area contributed by atoms with E-state index in [1.165, 1.54) is 5.56 Å². The first-order chi connectivity index (χ1) is 8.97. The number of benzene rings is 1. The second-order valence-corrected chi connectivity index (χ2v) is 6.25. The molecule has 1 aromatic rings. The van der Waals surface area contributed by atoms with Crippen molar-refractivity contribution < 1.29 is 9.84 Å². The van der Waals surface area contributed by atoms with Crippen LogP contribution in [-0.4, -0.2) is 53.7 Å². The molecule has 104 valence electrons. The number of phenolic OH excluding ortho intramolecular Hbond substituents is 1. The van der Waals surface area contributed by atoms with Gasteiger partial charge in [0.15, 0.2) is 0 Å². The first-order valence-electron chi connectivity index (χ1n) is 6.88. The highest BCUT2D eigenvalue weighted by Gasteiger charge is 2.37. The van der Waals surface area contributed by atoms with Crippen LogP contribution < -0.4 is 4.74 Å². The van der Waals surface area contributed by atoms with Crippen molar-refractivity contribution in [1.29, 1.82) is 0 Å². The van der Waals surface area contributed by atoms with Gasteiger partial charge in [-0.15, -0.1) is 0 Å². The van der Waals surface area contributed by atoms with Gasteiger partial charge in [-0.1, -0.05) is 0 Å². The highest BCUT2D eigenvalue weighted by atomic mass is 16.5. The van der Waals surface area contributed by atoms with Crippen LogP contribution in [0.15, 0.2) is 18.2 Å². The van der Waals surface area contributed by atoms with Crippen LogP contribution in [0, 0.1) is 0 Å². The summed E-state index contributed by atoms with van der Waals surface area (Å²) in [6, 6.07) is 5.79. The van der Waals surface area contributed by atoms with Gasteiger partial charge in [0, 0.05) is 36.8 Å². The second kappa shape index (κ2) is 4.39. The Morgan fingerprint density at radius 3 is 2.84 bits per heavy atom. The Hall–Kier alpha value is -1.26. The number of hydrogen-bond acceptors (Lipinski definition) is 4. The molecule has 0 bridgehead atoms. The Balaban J connectivity index is 1.82. The van der Waals surface area contributed by atoms with Gasteiger partial charge in [-0.05, 0) is 33.0 Å². The smallest absolute Gasteiger partial charge is 0.127 e. The summed E-state index contributed by atoms with van der Waals surface area (Å²) in [5, 5.41) is 9.51.